The molecule has 1 aromatic heterocycles. The second-order valence-corrected chi connectivity index (χ2v) is 8.51. The van der Waals surface area contributed by atoms with E-state index < -0.39 is 5.60 Å². The molecular formula is C21H31N3O2S. The van der Waals surface area contributed by atoms with E-state index >= 15 is 0 Å². The van der Waals surface area contributed by atoms with Crippen LogP contribution in [-0.4, -0.2) is 51.6 Å². The highest BCUT2D eigenvalue weighted by Crippen LogP contribution is 2.29. The lowest BCUT2D eigenvalue weighted by Crippen LogP contribution is -2.52. The molecule has 1 amide bonds. The van der Waals surface area contributed by atoms with Gasteiger partial charge < -0.3 is 9.64 Å². The Morgan fingerprint density at radius 3 is 2.59 bits per heavy atom. The summed E-state index contributed by atoms with van der Waals surface area (Å²) >= 11 is 1.75. The van der Waals surface area contributed by atoms with E-state index in [1.165, 1.54) is 10.3 Å². The number of ether oxygens (including phenoxy) is 1. The average molecular weight is 390 g/mol. The molecule has 0 bridgehead atoms. The summed E-state index contributed by atoms with van der Waals surface area (Å²) in [6.45, 7) is 14.0. The maximum Gasteiger partial charge on any atom is 0.410 e. The summed E-state index contributed by atoms with van der Waals surface area (Å²) in [5.41, 5.74) is -0.452. The van der Waals surface area contributed by atoms with Gasteiger partial charge >= 0.3 is 6.09 Å². The first-order valence-electron chi connectivity index (χ1n) is 9.58. The highest BCUT2D eigenvalue weighted by atomic mass is 32.2. The topological polar surface area (TPSA) is 45.7 Å². The van der Waals surface area contributed by atoms with E-state index in [0.717, 1.165) is 11.9 Å². The van der Waals surface area contributed by atoms with E-state index in [0.29, 0.717) is 13.1 Å². The van der Waals surface area contributed by atoms with Gasteiger partial charge in [0.1, 0.15) is 5.60 Å². The Kier molecular flexibility index (Phi) is 7.50. The number of aromatic nitrogens is 1. The molecule has 0 spiro atoms. The Balaban J connectivity index is 0.00000126. The fourth-order valence-electron chi connectivity index (χ4n) is 2.82. The van der Waals surface area contributed by atoms with Gasteiger partial charge in [-0.3, -0.25) is 4.98 Å². The predicted octanol–water partition coefficient (Wildman–Crippen LogP) is 5.21. The zero-order valence-corrected chi connectivity index (χ0v) is 18.0. The van der Waals surface area contributed by atoms with E-state index in [1.54, 1.807) is 16.8 Å². The van der Waals surface area contributed by atoms with E-state index in [1.807, 2.05) is 53.1 Å². The van der Waals surface area contributed by atoms with Gasteiger partial charge in [-0.2, -0.15) is 0 Å². The van der Waals surface area contributed by atoms with Gasteiger partial charge in [-0.05, 0) is 63.2 Å². The largest absolute Gasteiger partial charge is 0.444 e. The van der Waals surface area contributed by atoms with Crippen molar-refractivity contribution in [3.63, 3.8) is 0 Å². The van der Waals surface area contributed by atoms with Gasteiger partial charge in [0.05, 0.1) is 0 Å². The third-order valence-electron chi connectivity index (χ3n) is 4.05. The lowest BCUT2D eigenvalue weighted by molar-refractivity contribution is 0.0151. The van der Waals surface area contributed by atoms with Gasteiger partial charge in [-0.1, -0.05) is 19.9 Å². The molecule has 1 unspecified atom stereocenters. The molecule has 1 aliphatic heterocycles. The summed E-state index contributed by atoms with van der Waals surface area (Å²) in [6.07, 6.45) is 3.48. The van der Waals surface area contributed by atoms with Crippen LogP contribution in [0.3, 0.4) is 0 Å². The summed E-state index contributed by atoms with van der Waals surface area (Å²) in [5, 5.41) is 2.34. The molecule has 1 saturated heterocycles. The van der Waals surface area contributed by atoms with Crippen LogP contribution in [0.1, 0.15) is 41.5 Å². The first-order valence-corrected chi connectivity index (χ1v) is 10.4. The number of nitrogens with zero attached hydrogens (tertiary/aromatic N) is 3. The van der Waals surface area contributed by atoms with Crippen molar-refractivity contribution < 1.29 is 9.53 Å². The lowest BCUT2D eigenvalue weighted by Gasteiger charge is -2.39. The molecule has 1 aliphatic rings. The summed E-state index contributed by atoms with van der Waals surface area (Å²) in [4.78, 5) is 19.4. The van der Waals surface area contributed by atoms with Crippen LogP contribution in [0.5, 0.6) is 0 Å². The second-order valence-electron chi connectivity index (χ2n) is 7.39. The molecular weight excluding hydrogens is 358 g/mol. The number of piperazine rings is 1. The molecule has 1 atom stereocenters. The fraction of sp³-hybridized carbons (Fsp3) is 0.524. The fourth-order valence-corrected chi connectivity index (χ4v) is 3.82. The summed E-state index contributed by atoms with van der Waals surface area (Å²) in [7, 11) is 0. The Labute approximate surface area is 167 Å². The van der Waals surface area contributed by atoms with Crippen molar-refractivity contribution in [2.75, 3.05) is 19.6 Å². The van der Waals surface area contributed by atoms with Gasteiger partial charge in [0.15, 0.2) is 0 Å². The van der Waals surface area contributed by atoms with Crippen molar-refractivity contribution in [3.05, 3.63) is 36.7 Å². The summed E-state index contributed by atoms with van der Waals surface area (Å²) < 4.78 is 7.82. The van der Waals surface area contributed by atoms with Gasteiger partial charge in [0.2, 0.25) is 0 Å². The average Bonchev–Trinajstić information content (AvgIpc) is 2.63. The van der Waals surface area contributed by atoms with Crippen LogP contribution in [0.4, 0.5) is 4.79 Å². The number of rotatable bonds is 2. The van der Waals surface area contributed by atoms with Gasteiger partial charge in [-0.25, -0.2) is 9.10 Å². The van der Waals surface area contributed by atoms with Crippen LogP contribution in [0.25, 0.3) is 10.8 Å². The highest BCUT2D eigenvalue weighted by molar-refractivity contribution is 7.97. The minimum absolute atomic E-state index is 0.220. The summed E-state index contributed by atoms with van der Waals surface area (Å²) in [6, 6.07) is 8.71. The number of carbonyl (C=O) groups excluding carboxylic acids is 1. The van der Waals surface area contributed by atoms with Crippen LogP contribution in [0.2, 0.25) is 0 Å². The molecule has 27 heavy (non-hydrogen) atoms. The van der Waals surface area contributed by atoms with Crippen LogP contribution >= 0.6 is 11.9 Å². The number of amides is 1. The Bertz CT molecular complexity index is 760. The Morgan fingerprint density at radius 2 is 1.93 bits per heavy atom. The van der Waals surface area contributed by atoms with Gasteiger partial charge in [0.25, 0.3) is 0 Å². The molecule has 0 N–H and O–H groups in total. The minimum atomic E-state index is -0.452. The standard InChI is InChI=1S/C19H25N3O2S.C2H6/c1-14-13-21(18(23)24-19(2,3)4)9-10-22(14)25-17-6-5-16-12-20-8-7-15(16)11-17;1-2/h5-8,11-12,14H,9-10,13H2,1-4H3;1-2H3. The molecule has 0 saturated carbocycles. The van der Waals surface area contributed by atoms with Crippen molar-refractivity contribution in [2.45, 2.75) is 58.1 Å². The maximum absolute atomic E-state index is 12.2. The molecule has 2 heterocycles. The molecule has 2 aromatic rings. The first kappa shape index (κ1) is 21.5. The molecule has 6 heteroatoms. The van der Waals surface area contributed by atoms with E-state index in [9.17, 15) is 4.79 Å². The molecule has 3 rings (SSSR count). The minimum Gasteiger partial charge on any atom is -0.444 e. The molecule has 1 fully saturated rings. The van der Waals surface area contributed by atoms with Gasteiger partial charge in [0, 0.05) is 48.4 Å². The SMILES string of the molecule is CC.CC1CN(C(=O)OC(C)(C)C)CCN1Sc1ccc2cnccc2c1. The van der Waals surface area contributed by atoms with Crippen molar-refractivity contribution in [2.24, 2.45) is 0 Å². The quantitative estimate of drug-likeness (QED) is 0.660. The van der Waals surface area contributed by atoms with Crippen molar-refractivity contribution in [1.82, 2.24) is 14.2 Å². The number of pyridine rings is 1. The zero-order chi connectivity index (χ0) is 20.0. The Morgan fingerprint density at radius 1 is 1.19 bits per heavy atom. The Hall–Kier alpha value is -1.79. The highest BCUT2D eigenvalue weighted by Gasteiger charge is 2.30. The van der Waals surface area contributed by atoms with E-state index in [-0.39, 0.29) is 12.1 Å². The third kappa shape index (κ3) is 6.11. The van der Waals surface area contributed by atoms with Crippen molar-refractivity contribution >= 4 is 28.8 Å². The molecule has 0 radical (unpaired) electrons. The van der Waals surface area contributed by atoms with E-state index in [4.69, 9.17) is 4.74 Å². The maximum atomic E-state index is 12.2. The number of hydrogen-bond acceptors (Lipinski definition) is 5. The summed E-state index contributed by atoms with van der Waals surface area (Å²) in [5.74, 6) is 0. The predicted molar refractivity (Wildman–Crippen MR) is 113 cm³/mol. The number of fused-ring (bicyclic) bond motifs is 1. The van der Waals surface area contributed by atoms with Crippen molar-refractivity contribution in [1.29, 1.82) is 0 Å². The van der Waals surface area contributed by atoms with Crippen LogP contribution in [0, 0.1) is 0 Å². The van der Waals surface area contributed by atoms with Crippen LogP contribution in [0.15, 0.2) is 41.6 Å². The zero-order valence-electron chi connectivity index (χ0n) is 17.2. The molecule has 148 valence electrons. The van der Waals surface area contributed by atoms with Crippen LogP contribution < -0.4 is 0 Å². The van der Waals surface area contributed by atoms with Crippen LogP contribution in [-0.2, 0) is 4.74 Å². The van der Waals surface area contributed by atoms with Crippen molar-refractivity contribution in [3.8, 4) is 0 Å². The monoisotopic (exact) mass is 389 g/mol. The smallest absolute Gasteiger partial charge is 0.410 e. The normalized spacial score (nSPS) is 18.0. The number of hydrogen-bond donors (Lipinski definition) is 0. The molecule has 1 aromatic carbocycles. The molecule has 0 aliphatic carbocycles. The lowest BCUT2D eigenvalue weighted by atomic mass is 10.2. The van der Waals surface area contributed by atoms with Gasteiger partial charge in [-0.15, -0.1) is 0 Å². The number of carbonyl (C=O) groups is 1. The molecule has 5 nitrogen and oxygen atoms in total. The number of benzene rings is 1. The second kappa shape index (κ2) is 9.42. The third-order valence-corrected chi connectivity index (χ3v) is 5.29. The first-order chi connectivity index (χ1) is 12.8. The van der Waals surface area contributed by atoms with E-state index in [2.05, 4.69) is 34.4 Å².